The number of anilines is 2. The van der Waals surface area contributed by atoms with Gasteiger partial charge in [0.1, 0.15) is 5.82 Å². The van der Waals surface area contributed by atoms with Crippen LogP contribution in [0.5, 0.6) is 0 Å². The molecule has 1 saturated carbocycles. The molecule has 0 radical (unpaired) electrons. The summed E-state index contributed by atoms with van der Waals surface area (Å²) in [4.78, 5) is 25.8. The third kappa shape index (κ3) is 5.14. The molecule has 3 unspecified atom stereocenters. The van der Waals surface area contributed by atoms with Crippen molar-refractivity contribution >= 4 is 23.4 Å². The van der Waals surface area contributed by atoms with Gasteiger partial charge in [-0.3, -0.25) is 15.4 Å². The number of fused-ring (bicyclic) bond motifs is 1. The number of benzene rings is 2. The van der Waals surface area contributed by atoms with Crippen molar-refractivity contribution < 1.29 is 9.59 Å². The number of hydrogen-bond donors (Lipinski definition) is 4. The molecule has 36 heavy (non-hydrogen) atoms. The number of urea groups is 1. The molecule has 1 saturated heterocycles. The van der Waals surface area contributed by atoms with Crippen LogP contribution in [0.4, 0.5) is 16.3 Å². The van der Waals surface area contributed by atoms with Crippen molar-refractivity contribution in [2.75, 3.05) is 10.6 Å². The maximum atomic E-state index is 13.0. The Labute approximate surface area is 211 Å². The minimum absolute atomic E-state index is 0.0186. The van der Waals surface area contributed by atoms with E-state index in [2.05, 4.69) is 42.0 Å². The minimum atomic E-state index is -0.546. The van der Waals surface area contributed by atoms with E-state index in [4.69, 9.17) is 5.10 Å². The Hall–Kier alpha value is -3.65. The van der Waals surface area contributed by atoms with Gasteiger partial charge in [0, 0.05) is 23.4 Å². The van der Waals surface area contributed by atoms with Gasteiger partial charge in [-0.05, 0) is 36.0 Å². The first-order valence-corrected chi connectivity index (χ1v) is 12.7. The molecule has 8 nitrogen and oxygen atoms in total. The van der Waals surface area contributed by atoms with Crippen LogP contribution in [0.1, 0.15) is 58.3 Å². The van der Waals surface area contributed by atoms with Crippen molar-refractivity contribution in [1.29, 1.82) is 0 Å². The third-order valence-electron chi connectivity index (χ3n) is 7.05. The lowest BCUT2D eigenvalue weighted by atomic mass is 9.83. The van der Waals surface area contributed by atoms with Crippen LogP contribution >= 0.6 is 0 Å². The molecule has 2 aromatic carbocycles. The second-order valence-electron chi connectivity index (χ2n) is 10.7. The molecule has 8 heteroatoms. The first-order chi connectivity index (χ1) is 17.3. The van der Waals surface area contributed by atoms with Gasteiger partial charge < -0.3 is 10.6 Å². The van der Waals surface area contributed by atoms with Gasteiger partial charge in [0.05, 0.1) is 11.6 Å². The second kappa shape index (κ2) is 9.78. The zero-order chi connectivity index (χ0) is 25.3. The van der Waals surface area contributed by atoms with Crippen LogP contribution in [0.15, 0.2) is 60.7 Å². The highest BCUT2D eigenvalue weighted by atomic mass is 16.2. The summed E-state index contributed by atoms with van der Waals surface area (Å²) in [7, 11) is 0. The highest BCUT2D eigenvalue weighted by Crippen LogP contribution is 2.31. The lowest BCUT2D eigenvalue weighted by molar-refractivity contribution is -0.132. The maximum absolute atomic E-state index is 13.0. The van der Waals surface area contributed by atoms with Gasteiger partial charge in [0.15, 0.2) is 6.29 Å². The van der Waals surface area contributed by atoms with Gasteiger partial charge in [0.25, 0.3) is 0 Å². The van der Waals surface area contributed by atoms with Gasteiger partial charge in [0.2, 0.25) is 5.91 Å². The Bertz CT molecular complexity index is 1230. The number of carbonyl (C=O) groups excluding carboxylic acids is 2. The van der Waals surface area contributed by atoms with Crippen LogP contribution in [0.2, 0.25) is 0 Å². The molecule has 1 aromatic heterocycles. The molecule has 3 atom stereocenters. The molecule has 3 amide bonds. The molecule has 2 aliphatic rings. The minimum Gasteiger partial charge on any atom is -0.322 e. The summed E-state index contributed by atoms with van der Waals surface area (Å²) in [5.41, 5.74) is 3.57. The number of nitrogens with one attached hydrogen (secondary N) is 4. The van der Waals surface area contributed by atoms with Crippen molar-refractivity contribution in [3.8, 4) is 11.3 Å². The number of hydrogen-bond acceptors (Lipinski definition) is 4. The van der Waals surface area contributed by atoms with Crippen LogP contribution in [-0.4, -0.2) is 27.8 Å². The molecular weight excluding hydrogens is 452 g/mol. The Morgan fingerprint density at radius 1 is 1.00 bits per heavy atom. The topological polar surface area (TPSA) is 100 Å². The van der Waals surface area contributed by atoms with Crippen molar-refractivity contribution in [3.05, 3.63) is 66.2 Å². The summed E-state index contributed by atoms with van der Waals surface area (Å²) >= 11 is 0. The van der Waals surface area contributed by atoms with Gasteiger partial charge in [-0.2, -0.15) is 5.10 Å². The summed E-state index contributed by atoms with van der Waals surface area (Å²) in [6, 6.07) is 19.2. The van der Waals surface area contributed by atoms with Crippen LogP contribution in [0, 0.1) is 5.92 Å². The Morgan fingerprint density at radius 2 is 1.72 bits per heavy atom. The average Bonchev–Trinajstić information content (AvgIpc) is 3.28. The zero-order valence-corrected chi connectivity index (χ0v) is 21.0. The van der Waals surface area contributed by atoms with Crippen LogP contribution in [0.25, 0.3) is 11.3 Å². The fourth-order valence-electron chi connectivity index (χ4n) is 5.03. The predicted octanol–water partition coefficient (Wildman–Crippen LogP) is 5.23. The van der Waals surface area contributed by atoms with E-state index in [0.29, 0.717) is 17.2 Å². The molecule has 5 rings (SSSR count). The Morgan fingerprint density at radius 3 is 2.44 bits per heavy atom. The van der Waals surface area contributed by atoms with Gasteiger partial charge in [-0.1, -0.05) is 76.1 Å². The van der Waals surface area contributed by atoms with E-state index in [1.165, 1.54) is 5.56 Å². The highest BCUT2D eigenvalue weighted by molar-refractivity contribution is 5.99. The fraction of sp³-hybridized carbons (Fsp3) is 0.393. The van der Waals surface area contributed by atoms with E-state index in [9.17, 15) is 9.59 Å². The van der Waals surface area contributed by atoms with E-state index >= 15 is 0 Å². The van der Waals surface area contributed by atoms with Gasteiger partial charge >= 0.3 is 6.03 Å². The molecule has 0 spiro atoms. The first-order valence-electron chi connectivity index (χ1n) is 12.7. The molecule has 2 fully saturated rings. The molecule has 188 valence electrons. The number of carbonyl (C=O) groups is 2. The number of amides is 3. The lowest BCUT2D eigenvalue weighted by Crippen LogP contribution is -2.59. The molecule has 3 aromatic rings. The number of rotatable bonds is 4. The summed E-state index contributed by atoms with van der Waals surface area (Å²) < 4.78 is 1.66. The Balaban J connectivity index is 1.38. The van der Waals surface area contributed by atoms with Crippen LogP contribution in [0.3, 0.4) is 0 Å². The molecular formula is C28H34N6O2. The van der Waals surface area contributed by atoms with Gasteiger partial charge in [-0.25, -0.2) is 9.48 Å². The average molecular weight is 487 g/mol. The smallest absolute Gasteiger partial charge is 0.322 e. The lowest BCUT2D eigenvalue weighted by Gasteiger charge is -2.40. The van der Waals surface area contributed by atoms with Crippen molar-refractivity contribution in [1.82, 2.24) is 20.4 Å². The largest absolute Gasteiger partial charge is 0.324 e. The first kappa shape index (κ1) is 24.1. The highest BCUT2D eigenvalue weighted by Gasteiger charge is 2.39. The van der Waals surface area contributed by atoms with Crippen molar-refractivity contribution in [3.63, 3.8) is 0 Å². The quantitative estimate of drug-likeness (QED) is 0.406. The summed E-state index contributed by atoms with van der Waals surface area (Å²) in [5, 5.41) is 17.2. The van der Waals surface area contributed by atoms with Crippen LogP contribution in [-0.2, 0) is 10.2 Å². The summed E-state index contributed by atoms with van der Waals surface area (Å²) in [6.45, 7) is 6.46. The molecule has 4 N–H and O–H groups in total. The molecule has 1 aliphatic carbocycles. The summed E-state index contributed by atoms with van der Waals surface area (Å²) in [6.07, 6.45) is 3.48. The summed E-state index contributed by atoms with van der Waals surface area (Å²) in [5.74, 6) is 0.509. The molecule has 2 heterocycles. The van der Waals surface area contributed by atoms with Crippen molar-refractivity contribution in [2.24, 2.45) is 5.92 Å². The molecule has 1 aliphatic heterocycles. The van der Waals surface area contributed by atoms with Gasteiger partial charge in [-0.15, -0.1) is 0 Å². The van der Waals surface area contributed by atoms with E-state index in [0.717, 1.165) is 31.2 Å². The third-order valence-corrected chi connectivity index (χ3v) is 7.05. The van der Waals surface area contributed by atoms with E-state index in [-0.39, 0.29) is 29.3 Å². The zero-order valence-electron chi connectivity index (χ0n) is 21.0. The fourth-order valence-corrected chi connectivity index (χ4v) is 5.03. The van der Waals surface area contributed by atoms with E-state index in [1.807, 2.05) is 60.7 Å². The van der Waals surface area contributed by atoms with E-state index < -0.39 is 6.29 Å². The number of nitrogens with zero attached hydrogens (tertiary/aromatic N) is 2. The standard InChI is InChI=1S/C28H34N6O2/c1-28(2,3)19-13-15-20(16-14-19)29-27(36)31-24-17-23(18-9-5-4-6-10-18)33-34(24)26-30-22-12-8-7-11-21(22)25(35)32-26/h4-6,9-10,13-17,21-22,26,30H,7-8,11-12H2,1-3H3,(H,32,35)(H2,29,31,36). The van der Waals surface area contributed by atoms with Crippen molar-refractivity contribution in [2.45, 2.75) is 64.2 Å². The normalized spacial score (nSPS) is 21.9. The van der Waals surface area contributed by atoms with Crippen LogP contribution < -0.4 is 21.3 Å². The molecule has 0 bridgehead atoms. The second-order valence-corrected chi connectivity index (χ2v) is 10.7. The van der Waals surface area contributed by atoms with E-state index in [1.54, 1.807) is 4.68 Å². The monoisotopic (exact) mass is 486 g/mol. The predicted molar refractivity (Wildman–Crippen MR) is 142 cm³/mol. The maximum Gasteiger partial charge on any atom is 0.324 e. The SMILES string of the molecule is CC(C)(C)c1ccc(NC(=O)Nc2cc(-c3ccccc3)nn2C2NC(=O)C3CCCCC3N2)cc1. The Kier molecular flexibility index (Phi) is 6.53. The number of aromatic nitrogens is 2.